The molecule has 0 atom stereocenters. The summed E-state index contributed by atoms with van der Waals surface area (Å²) >= 11 is 0. The Bertz CT molecular complexity index is 1750. The lowest BCUT2D eigenvalue weighted by molar-refractivity contribution is 0.583. The van der Waals surface area contributed by atoms with Gasteiger partial charge in [-0.15, -0.1) is 20.4 Å². The third-order valence-corrected chi connectivity index (χ3v) is 6.71. The molecular formula is C34H22N4O2. The normalized spacial score (nSPS) is 11.0. The third kappa shape index (κ3) is 4.48. The molecule has 7 aromatic rings. The number of rotatable bonds is 6. The number of hydrogen-bond acceptors (Lipinski definition) is 6. The van der Waals surface area contributed by atoms with Crippen molar-refractivity contribution < 1.29 is 8.83 Å². The van der Waals surface area contributed by atoms with Crippen LogP contribution in [0, 0.1) is 0 Å². The zero-order valence-corrected chi connectivity index (χ0v) is 21.3. The van der Waals surface area contributed by atoms with E-state index in [2.05, 4.69) is 56.8 Å². The predicted molar refractivity (Wildman–Crippen MR) is 155 cm³/mol. The monoisotopic (exact) mass is 518 g/mol. The Morgan fingerprint density at radius 2 is 0.600 bits per heavy atom. The van der Waals surface area contributed by atoms with E-state index in [0.29, 0.717) is 23.6 Å². The van der Waals surface area contributed by atoms with Crippen molar-refractivity contribution in [3.8, 4) is 68.1 Å². The summed E-state index contributed by atoms with van der Waals surface area (Å²) in [6.45, 7) is 0. The first-order valence-electron chi connectivity index (χ1n) is 12.9. The minimum absolute atomic E-state index is 0.437. The van der Waals surface area contributed by atoms with Crippen LogP contribution >= 0.6 is 0 Å². The van der Waals surface area contributed by atoms with Crippen LogP contribution in [0.25, 0.3) is 68.1 Å². The van der Waals surface area contributed by atoms with Gasteiger partial charge in [-0.05, 0) is 58.7 Å². The zero-order chi connectivity index (χ0) is 26.7. The van der Waals surface area contributed by atoms with Gasteiger partial charge in [-0.2, -0.15) is 0 Å². The van der Waals surface area contributed by atoms with Crippen molar-refractivity contribution in [3.63, 3.8) is 0 Å². The molecule has 0 aliphatic heterocycles. The van der Waals surface area contributed by atoms with Gasteiger partial charge < -0.3 is 8.83 Å². The van der Waals surface area contributed by atoms with E-state index >= 15 is 0 Å². The van der Waals surface area contributed by atoms with Crippen LogP contribution in [0.2, 0.25) is 0 Å². The van der Waals surface area contributed by atoms with Crippen molar-refractivity contribution >= 4 is 0 Å². The molecular weight excluding hydrogens is 496 g/mol. The lowest BCUT2D eigenvalue weighted by Gasteiger charge is -2.06. The van der Waals surface area contributed by atoms with Crippen molar-refractivity contribution in [2.24, 2.45) is 0 Å². The van der Waals surface area contributed by atoms with E-state index in [1.165, 1.54) is 0 Å². The van der Waals surface area contributed by atoms with Gasteiger partial charge >= 0.3 is 0 Å². The molecule has 0 amide bonds. The summed E-state index contributed by atoms with van der Waals surface area (Å²) in [6.07, 6.45) is 0. The molecule has 0 radical (unpaired) electrons. The smallest absolute Gasteiger partial charge is 0.248 e. The highest BCUT2D eigenvalue weighted by atomic mass is 16.4. The van der Waals surface area contributed by atoms with Gasteiger partial charge in [0.15, 0.2) is 0 Å². The zero-order valence-electron chi connectivity index (χ0n) is 21.3. The van der Waals surface area contributed by atoms with Crippen LogP contribution in [0.4, 0.5) is 0 Å². The average Bonchev–Trinajstić information content (AvgIpc) is 3.73. The SMILES string of the molecule is c1ccc(-c2ccccc2-c2nnc(-c3ccc(-c4nnc(-c5ccccc5-c5ccccc5)o4)cc3)o2)cc1. The van der Waals surface area contributed by atoms with Gasteiger partial charge in [0.25, 0.3) is 0 Å². The summed E-state index contributed by atoms with van der Waals surface area (Å²) < 4.78 is 12.2. The largest absolute Gasteiger partial charge is 0.416 e. The molecule has 5 aromatic carbocycles. The summed E-state index contributed by atoms with van der Waals surface area (Å²) in [5.41, 5.74) is 7.63. The first-order chi connectivity index (χ1) is 19.8. The van der Waals surface area contributed by atoms with Crippen LogP contribution in [0.1, 0.15) is 0 Å². The summed E-state index contributed by atoms with van der Waals surface area (Å²) in [5, 5.41) is 17.3. The summed E-state index contributed by atoms with van der Waals surface area (Å²) in [7, 11) is 0. The molecule has 2 heterocycles. The molecule has 2 aromatic heterocycles. The molecule has 0 saturated heterocycles. The van der Waals surface area contributed by atoms with E-state index in [4.69, 9.17) is 8.83 Å². The van der Waals surface area contributed by atoms with Crippen molar-refractivity contribution in [3.05, 3.63) is 133 Å². The topological polar surface area (TPSA) is 77.8 Å². The second-order valence-electron chi connectivity index (χ2n) is 9.23. The summed E-state index contributed by atoms with van der Waals surface area (Å²) in [5.74, 6) is 1.81. The van der Waals surface area contributed by atoms with Crippen LogP contribution in [0.3, 0.4) is 0 Å². The maximum Gasteiger partial charge on any atom is 0.248 e. The van der Waals surface area contributed by atoms with E-state index in [0.717, 1.165) is 44.5 Å². The Morgan fingerprint density at radius 1 is 0.275 bits per heavy atom. The first-order valence-corrected chi connectivity index (χ1v) is 12.9. The fourth-order valence-corrected chi connectivity index (χ4v) is 4.73. The maximum absolute atomic E-state index is 6.11. The van der Waals surface area contributed by atoms with Crippen molar-refractivity contribution in [1.29, 1.82) is 0 Å². The lowest BCUT2D eigenvalue weighted by atomic mass is 10.00. The van der Waals surface area contributed by atoms with Crippen LogP contribution in [-0.2, 0) is 0 Å². The van der Waals surface area contributed by atoms with Gasteiger partial charge in [-0.25, -0.2) is 0 Å². The predicted octanol–water partition coefficient (Wildman–Crippen LogP) is 8.45. The lowest BCUT2D eigenvalue weighted by Crippen LogP contribution is -1.84. The molecule has 6 nitrogen and oxygen atoms in total. The minimum atomic E-state index is 0.437. The number of hydrogen-bond donors (Lipinski definition) is 0. The van der Waals surface area contributed by atoms with Crippen LogP contribution in [0.15, 0.2) is 142 Å². The van der Waals surface area contributed by atoms with Crippen LogP contribution in [-0.4, -0.2) is 20.4 Å². The number of benzene rings is 5. The maximum atomic E-state index is 6.11. The summed E-state index contributed by atoms with van der Waals surface area (Å²) in [4.78, 5) is 0. The Labute approximate surface area is 230 Å². The van der Waals surface area contributed by atoms with Gasteiger partial charge in [0.05, 0.1) is 0 Å². The van der Waals surface area contributed by atoms with Crippen LogP contribution < -0.4 is 0 Å². The highest BCUT2D eigenvalue weighted by molar-refractivity contribution is 5.81. The molecule has 0 aliphatic carbocycles. The van der Waals surface area contributed by atoms with Crippen molar-refractivity contribution in [2.45, 2.75) is 0 Å². The average molecular weight is 519 g/mol. The Hall–Kier alpha value is -5.62. The third-order valence-electron chi connectivity index (χ3n) is 6.71. The standard InChI is InChI=1S/C34H22N4O2/c1-3-11-23(12-4-1)27-15-7-9-17-29(27)33-37-35-31(39-33)25-19-21-26(22-20-25)32-36-38-34(40-32)30-18-10-8-16-28(30)24-13-5-2-6-14-24/h1-22H. The van der Waals surface area contributed by atoms with Gasteiger partial charge in [-0.3, -0.25) is 0 Å². The Morgan fingerprint density at radius 3 is 1.00 bits per heavy atom. The number of aromatic nitrogens is 4. The molecule has 0 saturated carbocycles. The van der Waals surface area contributed by atoms with Crippen molar-refractivity contribution in [2.75, 3.05) is 0 Å². The Kier molecular flexibility index (Phi) is 6.03. The van der Waals surface area contributed by atoms with Gasteiger partial charge in [0, 0.05) is 22.3 Å². The fraction of sp³-hybridized carbons (Fsp3) is 0. The second-order valence-corrected chi connectivity index (χ2v) is 9.23. The first kappa shape index (κ1) is 23.5. The van der Waals surface area contributed by atoms with Gasteiger partial charge in [0.1, 0.15) is 0 Å². The fourth-order valence-electron chi connectivity index (χ4n) is 4.73. The quantitative estimate of drug-likeness (QED) is 0.220. The molecule has 6 heteroatoms. The molecule has 190 valence electrons. The molecule has 0 spiro atoms. The molecule has 40 heavy (non-hydrogen) atoms. The molecule has 0 N–H and O–H groups in total. The number of nitrogens with zero attached hydrogens (tertiary/aromatic N) is 4. The highest BCUT2D eigenvalue weighted by Gasteiger charge is 2.17. The van der Waals surface area contributed by atoms with Crippen LogP contribution in [0.5, 0.6) is 0 Å². The van der Waals surface area contributed by atoms with E-state index in [1.807, 2.05) is 97.1 Å². The molecule has 0 fully saturated rings. The second kappa shape index (κ2) is 10.3. The molecule has 0 aliphatic rings. The molecule has 7 rings (SSSR count). The van der Waals surface area contributed by atoms with E-state index in [-0.39, 0.29) is 0 Å². The van der Waals surface area contributed by atoms with E-state index in [1.54, 1.807) is 0 Å². The highest BCUT2D eigenvalue weighted by Crippen LogP contribution is 2.35. The Balaban J connectivity index is 1.15. The van der Waals surface area contributed by atoms with Gasteiger partial charge in [0.2, 0.25) is 23.6 Å². The molecule has 0 unspecified atom stereocenters. The van der Waals surface area contributed by atoms with Gasteiger partial charge in [-0.1, -0.05) is 97.1 Å². The van der Waals surface area contributed by atoms with E-state index < -0.39 is 0 Å². The molecule has 0 bridgehead atoms. The van der Waals surface area contributed by atoms with Crippen molar-refractivity contribution in [1.82, 2.24) is 20.4 Å². The van der Waals surface area contributed by atoms with E-state index in [9.17, 15) is 0 Å². The summed E-state index contributed by atoms with van der Waals surface area (Å²) in [6, 6.07) is 44.0. The minimum Gasteiger partial charge on any atom is -0.416 e.